The number of hydrogen-bond acceptors (Lipinski definition) is 5. The van der Waals surface area contributed by atoms with Gasteiger partial charge in [-0.15, -0.1) is 0 Å². The molecule has 1 N–H and O–H groups in total. The van der Waals surface area contributed by atoms with E-state index in [0.717, 1.165) is 59.3 Å². The van der Waals surface area contributed by atoms with E-state index in [1.807, 2.05) is 6.92 Å². The van der Waals surface area contributed by atoms with E-state index in [0.29, 0.717) is 0 Å². The molecule has 0 radical (unpaired) electrons. The van der Waals surface area contributed by atoms with Gasteiger partial charge >= 0.3 is 0 Å². The third-order valence-electron chi connectivity index (χ3n) is 5.06. The van der Waals surface area contributed by atoms with Crippen LogP contribution in [-0.2, 0) is 0 Å². The number of benzene rings is 1. The van der Waals surface area contributed by atoms with Crippen LogP contribution in [0, 0.1) is 0 Å². The molecule has 0 spiro atoms. The number of rotatable bonds is 1. The van der Waals surface area contributed by atoms with Crippen molar-refractivity contribution in [2.75, 3.05) is 31.1 Å². The molecule has 1 fully saturated rings. The number of halogens is 1. The van der Waals surface area contributed by atoms with Gasteiger partial charge in [0.2, 0.25) is 0 Å². The molecule has 1 aromatic carbocycles. The lowest BCUT2D eigenvalue weighted by Crippen LogP contribution is -2.53. The van der Waals surface area contributed by atoms with Crippen molar-refractivity contribution in [2.24, 2.45) is 9.98 Å². The average Bonchev–Trinajstić information content (AvgIpc) is 2.63. The molecule has 3 aliphatic rings. The summed E-state index contributed by atoms with van der Waals surface area (Å²) in [6.07, 6.45) is 6.40. The maximum absolute atomic E-state index is 5.11. The van der Waals surface area contributed by atoms with E-state index in [-0.39, 0.29) is 6.04 Å². The highest BCUT2D eigenvalue weighted by atomic mass is 79.9. The number of allylic oxidation sites excluding steroid dienone is 1. The highest BCUT2D eigenvalue weighted by Crippen LogP contribution is 2.41. The number of anilines is 1. The molecule has 6 heteroatoms. The zero-order valence-electron chi connectivity index (χ0n) is 15.5. The monoisotopic (exact) mass is 413 g/mol. The Morgan fingerprint density at radius 1 is 1.23 bits per heavy atom. The zero-order valence-corrected chi connectivity index (χ0v) is 17.0. The quantitative estimate of drug-likeness (QED) is 0.757. The second-order valence-electron chi connectivity index (χ2n) is 6.91. The molecular formula is C20H24BrN5. The number of amidine groups is 2. The minimum absolute atomic E-state index is 0.179. The molecule has 1 unspecified atom stereocenters. The van der Waals surface area contributed by atoms with Gasteiger partial charge < -0.3 is 10.2 Å². The number of fused-ring (bicyclic) bond motifs is 3. The fraction of sp³-hybridized carbons (Fsp3) is 0.400. The average molecular weight is 414 g/mol. The Balaban J connectivity index is 1.92. The summed E-state index contributed by atoms with van der Waals surface area (Å²) in [5, 5.41) is 3.42. The van der Waals surface area contributed by atoms with Gasteiger partial charge in [0.1, 0.15) is 0 Å². The van der Waals surface area contributed by atoms with Crippen LogP contribution in [0.3, 0.4) is 0 Å². The molecule has 1 saturated heterocycles. The first-order valence-corrected chi connectivity index (χ1v) is 9.94. The third-order valence-corrected chi connectivity index (χ3v) is 5.52. The third kappa shape index (κ3) is 3.01. The Kier molecular flexibility index (Phi) is 4.71. The molecule has 1 atom stereocenters. The summed E-state index contributed by atoms with van der Waals surface area (Å²) in [5.41, 5.74) is 4.47. The predicted octanol–water partition coefficient (Wildman–Crippen LogP) is 3.94. The Morgan fingerprint density at radius 2 is 2.00 bits per heavy atom. The topological polar surface area (TPSA) is 43.2 Å². The molecule has 0 bridgehead atoms. The van der Waals surface area contributed by atoms with Gasteiger partial charge in [0.05, 0.1) is 17.4 Å². The summed E-state index contributed by atoms with van der Waals surface area (Å²) in [4.78, 5) is 14.7. The summed E-state index contributed by atoms with van der Waals surface area (Å²) in [6.45, 7) is 10.2. The fourth-order valence-electron chi connectivity index (χ4n) is 3.53. The Labute approximate surface area is 163 Å². The van der Waals surface area contributed by atoms with Gasteiger partial charge in [0.25, 0.3) is 0 Å². The molecule has 0 amide bonds. The highest BCUT2D eigenvalue weighted by Gasteiger charge is 2.33. The minimum atomic E-state index is 0.179. The van der Waals surface area contributed by atoms with Gasteiger partial charge in [-0.05, 0) is 38.5 Å². The van der Waals surface area contributed by atoms with Gasteiger partial charge in [-0.3, -0.25) is 9.89 Å². The number of nitrogens with one attached hydrogen (secondary N) is 1. The second-order valence-corrected chi connectivity index (χ2v) is 7.82. The van der Waals surface area contributed by atoms with Gasteiger partial charge in [-0.25, -0.2) is 4.99 Å². The SMILES string of the molecule is CC=Cc1cc(Br)cc2c1N=C(N1CCNCC1)C1=NC(C)C(C)=CN12. The largest absolute Gasteiger partial charge is 0.351 e. The number of nitrogens with zero attached hydrogens (tertiary/aromatic N) is 4. The first-order valence-electron chi connectivity index (χ1n) is 9.15. The Hall–Kier alpha value is -1.92. The first kappa shape index (κ1) is 17.5. The minimum Gasteiger partial charge on any atom is -0.351 e. The number of piperazine rings is 1. The summed E-state index contributed by atoms with van der Waals surface area (Å²) >= 11 is 3.66. The molecular weight excluding hydrogens is 390 g/mol. The van der Waals surface area contributed by atoms with Crippen molar-refractivity contribution in [3.05, 3.63) is 40.0 Å². The maximum atomic E-state index is 5.11. The van der Waals surface area contributed by atoms with Crippen LogP contribution in [-0.4, -0.2) is 48.8 Å². The maximum Gasteiger partial charge on any atom is 0.176 e. The zero-order chi connectivity index (χ0) is 18.3. The Bertz CT molecular complexity index is 846. The van der Waals surface area contributed by atoms with Crippen LogP contribution < -0.4 is 10.2 Å². The lowest BCUT2D eigenvalue weighted by atomic mass is 10.0. The van der Waals surface area contributed by atoms with E-state index >= 15 is 0 Å². The normalized spacial score (nSPS) is 22.6. The van der Waals surface area contributed by atoms with Crippen LogP contribution in [0.5, 0.6) is 0 Å². The van der Waals surface area contributed by atoms with Gasteiger partial charge in [0, 0.05) is 42.4 Å². The van der Waals surface area contributed by atoms with E-state index in [1.165, 1.54) is 5.57 Å². The molecule has 136 valence electrons. The van der Waals surface area contributed by atoms with Gasteiger partial charge in [0.15, 0.2) is 11.7 Å². The molecule has 5 nitrogen and oxygen atoms in total. The molecule has 3 aliphatic heterocycles. The van der Waals surface area contributed by atoms with Crippen molar-refractivity contribution in [3.8, 4) is 0 Å². The van der Waals surface area contributed by atoms with Crippen LogP contribution in [0.15, 0.2) is 44.4 Å². The van der Waals surface area contributed by atoms with E-state index in [2.05, 4.69) is 75.4 Å². The summed E-state index contributed by atoms with van der Waals surface area (Å²) in [5.74, 6) is 1.95. The highest BCUT2D eigenvalue weighted by molar-refractivity contribution is 9.10. The summed E-state index contributed by atoms with van der Waals surface area (Å²) in [6, 6.07) is 4.44. The van der Waals surface area contributed by atoms with Crippen molar-refractivity contribution in [2.45, 2.75) is 26.8 Å². The number of aliphatic imine (C=N–C) groups is 2. The van der Waals surface area contributed by atoms with Crippen molar-refractivity contribution >= 4 is 45.1 Å². The van der Waals surface area contributed by atoms with Gasteiger partial charge in [-0.2, -0.15) is 0 Å². The summed E-state index contributed by atoms with van der Waals surface area (Å²) < 4.78 is 1.05. The Morgan fingerprint density at radius 3 is 2.73 bits per heavy atom. The van der Waals surface area contributed by atoms with E-state index < -0.39 is 0 Å². The first-order chi connectivity index (χ1) is 12.6. The molecule has 0 aromatic heterocycles. The summed E-state index contributed by atoms with van der Waals surface area (Å²) in [7, 11) is 0. The van der Waals surface area contributed by atoms with Crippen molar-refractivity contribution < 1.29 is 0 Å². The van der Waals surface area contributed by atoms with Crippen LogP contribution >= 0.6 is 15.9 Å². The van der Waals surface area contributed by atoms with Crippen LogP contribution in [0.1, 0.15) is 26.3 Å². The number of hydrogen-bond donors (Lipinski definition) is 1. The lowest BCUT2D eigenvalue weighted by molar-refractivity contribution is 0.360. The van der Waals surface area contributed by atoms with Crippen LogP contribution in [0.25, 0.3) is 6.08 Å². The molecule has 1 aromatic rings. The fourth-order valence-corrected chi connectivity index (χ4v) is 3.99. The smallest absolute Gasteiger partial charge is 0.176 e. The van der Waals surface area contributed by atoms with Crippen LogP contribution in [0.2, 0.25) is 0 Å². The van der Waals surface area contributed by atoms with E-state index in [1.54, 1.807) is 0 Å². The van der Waals surface area contributed by atoms with Gasteiger partial charge in [-0.1, -0.05) is 28.1 Å². The molecule has 3 heterocycles. The lowest BCUT2D eigenvalue weighted by Gasteiger charge is -2.39. The van der Waals surface area contributed by atoms with E-state index in [4.69, 9.17) is 9.98 Å². The predicted molar refractivity (Wildman–Crippen MR) is 114 cm³/mol. The van der Waals surface area contributed by atoms with Crippen molar-refractivity contribution in [3.63, 3.8) is 0 Å². The standard InChI is InChI=1S/C20H24BrN5/c1-4-5-15-10-16(21)11-17-18(15)24-19(25-8-6-22-7-9-25)20-23-14(3)13(2)12-26(17)20/h4-5,10-12,14,22H,6-9H2,1-3H3. The van der Waals surface area contributed by atoms with E-state index in [9.17, 15) is 0 Å². The molecule has 4 rings (SSSR count). The molecule has 0 aliphatic carbocycles. The molecule has 0 saturated carbocycles. The van der Waals surface area contributed by atoms with Crippen LogP contribution in [0.4, 0.5) is 11.4 Å². The van der Waals surface area contributed by atoms with Crippen molar-refractivity contribution in [1.82, 2.24) is 10.2 Å². The van der Waals surface area contributed by atoms with Crippen molar-refractivity contribution in [1.29, 1.82) is 0 Å². The molecule has 26 heavy (non-hydrogen) atoms. The second kappa shape index (κ2) is 7.00.